The molecule has 0 aliphatic carbocycles. The van der Waals surface area contributed by atoms with Crippen molar-refractivity contribution in [1.29, 1.82) is 0 Å². The van der Waals surface area contributed by atoms with Crippen molar-refractivity contribution in [2.45, 2.75) is 40.2 Å². The maximum Gasteiger partial charge on any atom is 0.0167 e. The molecular weight excluding hydrogens is 148 g/mol. The van der Waals surface area contributed by atoms with E-state index in [9.17, 15) is 0 Å². The van der Waals surface area contributed by atoms with Gasteiger partial charge < -0.3 is 10.2 Å². The van der Waals surface area contributed by atoms with Crippen LogP contribution in [0.25, 0.3) is 0 Å². The highest BCUT2D eigenvalue weighted by Crippen LogP contribution is 1.95. The van der Waals surface area contributed by atoms with Gasteiger partial charge in [0.2, 0.25) is 0 Å². The first-order chi connectivity index (χ1) is 5.74. The first-order valence-electron chi connectivity index (χ1n) is 5.20. The van der Waals surface area contributed by atoms with Crippen LogP contribution in [0, 0.1) is 0 Å². The van der Waals surface area contributed by atoms with Gasteiger partial charge in [-0.05, 0) is 13.5 Å². The summed E-state index contributed by atoms with van der Waals surface area (Å²) in [5.74, 6) is 0. The number of piperazine rings is 1. The molecule has 1 rings (SSSR count). The molecule has 2 nitrogen and oxygen atoms in total. The van der Waals surface area contributed by atoms with Gasteiger partial charge in [0.05, 0.1) is 0 Å². The van der Waals surface area contributed by atoms with Gasteiger partial charge in [-0.2, -0.15) is 0 Å². The molecule has 0 radical (unpaired) electrons. The lowest BCUT2D eigenvalue weighted by Gasteiger charge is -2.30. The fraction of sp³-hybridized carbons (Fsp3) is 1.00. The molecule has 1 aliphatic rings. The summed E-state index contributed by atoms with van der Waals surface area (Å²) in [6, 6.07) is 0.693. The Kier molecular flexibility index (Phi) is 7.51. The Bertz CT molecular complexity index is 93.8. The highest BCUT2D eigenvalue weighted by Gasteiger charge is 2.12. The Morgan fingerprint density at radius 2 is 1.92 bits per heavy atom. The van der Waals surface area contributed by atoms with Crippen LogP contribution in [0.5, 0.6) is 0 Å². The lowest BCUT2D eigenvalue weighted by atomic mass is 10.2. The van der Waals surface area contributed by atoms with E-state index in [0.717, 1.165) is 6.54 Å². The number of hydrogen-bond acceptors (Lipinski definition) is 2. The van der Waals surface area contributed by atoms with Gasteiger partial charge in [-0.3, -0.25) is 0 Å². The third-order valence-corrected chi connectivity index (χ3v) is 1.90. The minimum absolute atomic E-state index is 0.693. The summed E-state index contributed by atoms with van der Waals surface area (Å²) in [6.45, 7) is 13.5. The zero-order valence-corrected chi connectivity index (χ0v) is 9.06. The van der Waals surface area contributed by atoms with E-state index in [-0.39, 0.29) is 0 Å². The fourth-order valence-electron chi connectivity index (χ4n) is 1.30. The van der Waals surface area contributed by atoms with Crippen LogP contribution in [0.15, 0.2) is 0 Å². The summed E-state index contributed by atoms with van der Waals surface area (Å²) in [5, 5.41) is 3.40. The highest BCUT2D eigenvalue weighted by atomic mass is 15.2. The summed E-state index contributed by atoms with van der Waals surface area (Å²) in [5.41, 5.74) is 0. The average molecular weight is 172 g/mol. The third kappa shape index (κ3) is 5.56. The lowest BCUT2D eigenvalue weighted by Crippen LogP contribution is -2.48. The molecule has 2 heteroatoms. The zero-order chi connectivity index (χ0) is 9.40. The van der Waals surface area contributed by atoms with E-state index in [1.807, 2.05) is 0 Å². The maximum atomic E-state index is 3.40. The van der Waals surface area contributed by atoms with Crippen LogP contribution < -0.4 is 5.32 Å². The van der Waals surface area contributed by atoms with Crippen molar-refractivity contribution < 1.29 is 0 Å². The molecule has 0 bridgehead atoms. The highest BCUT2D eigenvalue weighted by molar-refractivity contribution is 4.73. The molecule has 1 saturated heterocycles. The number of likely N-dealkylation sites (N-methyl/N-ethyl adjacent to an activating group) is 1. The van der Waals surface area contributed by atoms with Crippen LogP contribution in [-0.2, 0) is 0 Å². The average Bonchev–Trinajstić information content (AvgIpc) is 2.06. The van der Waals surface area contributed by atoms with Gasteiger partial charge in [0, 0.05) is 25.7 Å². The third-order valence-electron chi connectivity index (χ3n) is 1.90. The summed E-state index contributed by atoms with van der Waals surface area (Å²) in [4.78, 5) is 2.47. The number of nitrogens with zero attached hydrogens (tertiary/aromatic N) is 1. The standard InChI is InChI=1S/C7H16N2.C3H8/c1-3-9-5-4-8-7(2)6-9;1-3-2/h7-8H,3-6H2,1-2H3;3H2,1-2H3. The van der Waals surface area contributed by atoms with E-state index in [0.29, 0.717) is 6.04 Å². The Morgan fingerprint density at radius 3 is 2.25 bits per heavy atom. The molecule has 0 saturated carbocycles. The normalized spacial score (nSPS) is 24.5. The van der Waals surface area contributed by atoms with Crippen LogP contribution in [0.1, 0.15) is 34.1 Å². The molecule has 12 heavy (non-hydrogen) atoms. The van der Waals surface area contributed by atoms with Crippen molar-refractivity contribution in [3.63, 3.8) is 0 Å². The predicted molar refractivity (Wildman–Crippen MR) is 55.5 cm³/mol. The second-order valence-corrected chi connectivity index (χ2v) is 3.46. The molecule has 1 atom stereocenters. The van der Waals surface area contributed by atoms with Gasteiger partial charge in [0.1, 0.15) is 0 Å². The topological polar surface area (TPSA) is 15.3 Å². The molecule has 0 aromatic carbocycles. The van der Waals surface area contributed by atoms with Gasteiger partial charge in [0.15, 0.2) is 0 Å². The van der Waals surface area contributed by atoms with Gasteiger partial charge in [-0.25, -0.2) is 0 Å². The Balaban J connectivity index is 0.000000354. The maximum absolute atomic E-state index is 3.40. The molecule has 0 aromatic rings. The van der Waals surface area contributed by atoms with E-state index in [4.69, 9.17) is 0 Å². The van der Waals surface area contributed by atoms with E-state index in [1.165, 1.54) is 26.1 Å². The quantitative estimate of drug-likeness (QED) is 0.648. The predicted octanol–water partition coefficient (Wildman–Crippen LogP) is 1.72. The summed E-state index contributed by atoms with van der Waals surface area (Å²) in [6.07, 6.45) is 1.25. The van der Waals surface area contributed by atoms with E-state index >= 15 is 0 Å². The first-order valence-corrected chi connectivity index (χ1v) is 5.20. The van der Waals surface area contributed by atoms with Crippen LogP contribution in [0.3, 0.4) is 0 Å². The second-order valence-electron chi connectivity index (χ2n) is 3.46. The molecule has 0 amide bonds. The molecule has 1 unspecified atom stereocenters. The number of hydrogen-bond donors (Lipinski definition) is 1. The SMILES string of the molecule is CCC.CCN1CCNC(C)C1. The molecule has 1 fully saturated rings. The molecule has 0 spiro atoms. The van der Waals surface area contributed by atoms with E-state index in [1.54, 1.807) is 0 Å². The Labute approximate surface area is 77.3 Å². The van der Waals surface area contributed by atoms with Crippen molar-refractivity contribution in [1.82, 2.24) is 10.2 Å². The van der Waals surface area contributed by atoms with E-state index < -0.39 is 0 Å². The Morgan fingerprint density at radius 1 is 1.33 bits per heavy atom. The van der Waals surface area contributed by atoms with E-state index in [2.05, 4.69) is 37.9 Å². The number of nitrogens with one attached hydrogen (secondary N) is 1. The lowest BCUT2D eigenvalue weighted by molar-refractivity contribution is 0.217. The smallest absolute Gasteiger partial charge is 0.0167 e. The molecule has 0 aromatic heterocycles. The van der Waals surface area contributed by atoms with Crippen molar-refractivity contribution in [3.8, 4) is 0 Å². The summed E-state index contributed by atoms with van der Waals surface area (Å²) < 4.78 is 0. The monoisotopic (exact) mass is 172 g/mol. The zero-order valence-electron chi connectivity index (χ0n) is 9.06. The minimum Gasteiger partial charge on any atom is -0.312 e. The molecular formula is C10H24N2. The van der Waals surface area contributed by atoms with Gasteiger partial charge in [-0.15, -0.1) is 0 Å². The van der Waals surface area contributed by atoms with Crippen LogP contribution in [0.2, 0.25) is 0 Å². The largest absolute Gasteiger partial charge is 0.312 e. The van der Waals surface area contributed by atoms with Crippen LogP contribution >= 0.6 is 0 Å². The molecule has 74 valence electrons. The summed E-state index contributed by atoms with van der Waals surface area (Å²) in [7, 11) is 0. The number of rotatable bonds is 1. The van der Waals surface area contributed by atoms with Crippen molar-refractivity contribution >= 4 is 0 Å². The van der Waals surface area contributed by atoms with Gasteiger partial charge >= 0.3 is 0 Å². The fourth-order valence-corrected chi connectivity index (χ4v) is 1.30. The van der Waals surface area contributed by atoms with Crippen LogP contribution in [-0.4, -0.2) is 37.1 Å². The minimum atomic E-state index is 0.693. The molecule has 1 heterocycles. The van der Waals surface area contributed by atoms with Crippen molar-refractivity contribution in [2.75, 3.05) is 26.2 Å². The van der Waals surface area contributed by atoms with Crippen molar-refractivity contribution in [2.24, 2.45) is 0 Å². The summed E-state index contributed by atoms with van der Waals surface area (Å²) >= 11 is 0. The Hall–Kier alpha value is -0.0800. The molecule has 1 aliphatic heterocycles. The van der Waals surface area contributed by atoms with Crippen LogP contribution in [0.4, 0.5) is 0 Å². The van der Waals surface area contributed by atoms with Gasteiger partial charge in [0.25, 0.3) is 0 Å². The molecule has 1 N–H and O–H groups in total. The van der Waals surface area contributed by atoms with Gasteiger partial charge in [-0.1, -0.05) is 27.2 Å². The van der Waals surface area contributed by atoms with Crippen molar-refractivity contribution in [3.05, 3.63) is 0 Å². The second kappa shape index (κ2) is 7.56. The first kappa shape index (κ1) is 11.9.